The topological polar surface area (TPSA) is 12.9 Å². The first kappa shape index (κ1) is 13.5. The van der Waals surface area contributed by atoms with E-state index in [2.05, 4.69) is 26.8 Å². The van der Waals surface area contributed by atoms with Gasteiger partial charge in [0, 0.05) is 16.2 Å². The first-order chi connectivity index (χ1) is 8.31. The molecule has 1 aromatic carbocycles. The van der Waals surface area contributed by atoms with Crippen molar-refractivity contribution in [3.05, 3.63) is 52.8 Å². The molecule has 0 unspecified atom stereocenters. The zero-order valence-electron chi connectivity index (χ0n) is 9.94. The van der Waals surface area contributed by atoms with Crippen LogP contribution in [0, 0.1) is 12.3 Å². The van der Waals surface area contributed by atoms with Crippen molar-refractivity contribution in [1.82, 2.24) is 4.98 Å². The van der Waals surface area contributed by atoms with Crippen LogP contribution in [0.5, 0.6) is 0 Å². The maximum absolute atomic E-state index is 5.25. The quantitative estimate of drug-likeness (QED) is 0.703. The summed E-state index contributed by atoms with van der Waals surface area (Å²) >= 11 is 3.50. The summed E-state index contributed by atoms with van der Waals surface area (Å²) in [5, 5.41) is 0. The minimum absolute atomic E-state index is 0.658. The van der Waals surface area contributed by atoms with Crippen LogP contribution in [0.2, 0.25) is 0 Å². The largest absolute Gasteiger partial charge is 0.247 e. The number of terminal acetylenes is 1. The first-order valence-electron chi connectivity index (χ1n) is 5.49. The smallest absolute Gasteiger partial charge is 0.112 e. The minimum atomic E-state index is 0.658. The first-order valence-corrected chi connectivity index (χ1v) is 6.28. The second kappa shape index (κ2) is 6.88. The highest BCUT2D eigenvalue weighted by molar-refractivity contribution is 9.10. The van der Waals surface area contributed by atoms with Gasteiger partial charge in [0.2, 0.25) is 0 Å². The molecule has 2 aromatic rings. The van der Waals surface area contributed by atoms with Gasteiger partial charge in [-0.2, -0.15) is 0 Å². The number of hydrogen-bond acceptors (Lipinski definition) is 1. The molecule has 0 bridgehead atoms. The number of benzene rings is 1. The summed E-state index contributed by atoms with van der Waals surface area (Å²) in [5.41, 5.74) is 2.83. The molecule has 86 valence electrons. The van der Waals surface area contributed by atoms with Crippen LogP contribution >= 0.6 is 15.9 Å². The lowest BCUT2D eigenvalue weighted by atomic mass is 10.1. The molecule has 0 fully saturated rings. The number of hydrogen-bond donors (Lipinski definition) is 0. The molecule has 0 aliphatic heterocycles. The fourth-order valence-electron chi connectivity index (χ4n) is 1.33. The van der Waals surface area contributed by atoms with Crippen molar-refractivity contribution in [1.29, 1.82) is 0 Å². The highest BCUT2D eigenvalue weighted by Gasteiger charge is 2.01. The Morgan fingerprint density at radius 3 is 2.35 bits per heavy atom. The second-order valence-electron chi connectivity index (χ2n) is 3.06. The third-order valence-electron chi connectivity index (χ3n) is 2.10. The molecule has 2 rings (SSSR count). The molecule has 0 spiro atoms. The van der Waals surface area contributed by atoms with Crippen LogP contribution in [0.4, 0.5) is 0 Å². The average molecular weight is 288 g/mol. The number of halogens is 1. The lowest BCUT2D eigenvalue weighted by molar-refractivity contribution is 1.29. The number of nitrogens with zero attached hydrogens (tertiary/aromatic N) is 1. The molecule has 0 saturated heterocycles. The molecule has 0 atom stereocenters. The van der Waals surface area contributed by atoms with E-state index in [1.165, 1.54) is 0 Å². The van der Waals surface area contributed by atoms with E-state index in [0.717, 1.165) is 15.6 Å². The van der Waals surface area contributed by atoms with Crippen molar-refractivity contribution >= 4 is 15.9 Å². The molecule has 17 heavy (non-hydrogen) atoms. The van der Waals surface area contributed by atoms with Gasteiger partial charge < -0.3 is 0 Å². The van der Waals surface area contributed by atoms with E-state index in [1.54, 1.807) is 6.20 Å². The summed E-state index contributed by atoms with van der Waals surface area (Å²) in [6, 6.07) is 11.8. The van der Waals surface area contributed by atoms with Crippen molar-refractivity contribution in [2.75, 3.05) is 0 Å². The Morgan fingerprint density at radius 2 is 1.82 bits per heavy atom. The van der Waals surface area contributed by atoms with E-state index in [9.17, 15) is 0 Å². The molecular formula is C15H14BrN. The van der Waals surface area contributed by atoms with Crippen LogP contribution in [0.25, 0.3) is 11.1 Å². The summed E-state index contributed by atoms with van der Waals surface area (Å²) in [6.07, 6.45) is 7.03. The third kappa shape index (κ3) is 3.44. The molecule has 0 aliphatic rings. The summed E-state index contributed by atoms with van der Waals surface area (Å²) in [6.45, 7) is 4.00. The van der Waals surface area contributed by atoms with Crippen molar-refractivity contribution in [2.45, 2.75) is 13.8 Å². The number of aromatic nitrogens is 1. The van der Waals surface area contributed by atoms with E-state index in [1.807, 2.05) is 50.2 Å². The van der Waals surface area contributed by atoms with Crippen LogP contribution in [-0.2, 0) is 0 Å². The van der Waals surface area contributed by atoms with Gasteiger partial charge in [-0.05, 0) is 23.8 Å². The highest BCUT2D eigenvalue weighted by Crippen LogP contribution is 2.26. The van der Waals surface area contributed by atoms with Gasteiger partial charge in [-0.15, -0.1) is 6.42 Å². The summed E-state index contributed by atoms with van der Waals surface area (Å²) < 4.78 is 1.06. The molecule has 0 N–H and O–H groups in total. The summed E-state index contributed by atoms with van der Waals surface area (Å²) in [4.78, 5) is 4.16. The van der Waals surface area contributed by atoms with E-state index in [-0.39, 0.29) is 0 Å². The van der Waals surface area contributed by atoms with Crippen LogP contribution in [0.15, 0.2) is 47.1 Å². The summed E-state index contributed by atoms with van der Waals surface area (Å²) in [5.74, 6) is 2.50. The van der Waals surface area contributed by atoms with Crippen LogP contribution in [-0.4, -0.2) is 4.98 Å². The summed E-state index contributed by atoms with van der Waals surface area (Å²) in [7, 11) is 0. The molecule has 2 heteroatoms. The van der Waals surface area contributed by atoms with E-state index in [0.29, 0.717) is 5.69 Å². The third-order valence-corrected chi connectivity index (χ3v) is 2.79. The van der Waals surface area contributed by atoms with Gasteiger partial charge in [0.05, 0.1) is 0 Å². The van der Waals surface area contributed by atoms with Gasteiger partial charge in [0.15, 0.2) is 0 Å². The lowest BCUT2D eigenvalue weighted by Crippen LogP contribution is -1.84. The van der Waals surface area contributed by atoms with Gasteiger partial charge in [-0.25, -0.2) is 4.98 Å². The Hall–Kier alpha value is -1.59. The van der Waals surface area contributed by atoms with Gasteiger partial charge >= 0.3 is 0 Å². The molecule has 0 saturated carbocycles. The number of rotatable bonds is 1. The van der Waals surface area contributed by atoms with Gasteiger partial charge in [-0.1, -0.05) is 53.9 Å². The maximum Gasteiger partial charge on any atom is 0.112 e. The second-order valence-corrected chi connectivity index (χ2v) is 3.91. The van der Waals surface area contributed by atoms with Crippen molar-refractivity contribution in [3.63, 3.8) is 0 Å². The van der Waals surface area contributed by atoms with Gasteiger partial charge in [0.1, 0.15) is 5.69 Å². The van der Waals surface area contributed by atoms with Crippen molar-refractivity contribution in [2.24, 2.45) is 0 Å². The number of pyridine rings is 1. The standard InChI is InChI=1S/C13H8BrN.C2H6/c1-2-11-8-7-10(9-15-11)12-5-3-4-6-13(12)14;1-2/h1,3-9H;1-2H3. The van der Waals surface area contributed by atoms with Crippen molar-refractivity contribution in [3.8, 4) is 23.5 Å². The van der Waals surface area contributed by atoms with Crippen LogP contribution in [0.3, 0.4) is 0 Å². The van der Waals surface area contributed by atoms with Crippen LogP contribution < -0.4 is 0 Å². The zero-order chi connectivity index (χ0) is 12.7. The average Bonchev–Trinajstić information content (AvgIpc) is 2.42. The Morgan fingerprint density at radius 1 is 1.12 bits per heavy atom. The Balaban J connectivity index is 0.000000686. The van der Waals surface area contributed by atoms with Gasteiger partial charge in [0.25, 0.3) is 0 Å². The lowest BCUT2D eigenvalue weighted by Gasteiger charge is -2.03. The predicted octanol–water partition coefficient (Wildman–Crippen LogP) is 4.52. The molecule has 0 aliphatic carbocycles. The maximum atomic E-state index is 5.25. The molecule has 0 amide bonds. The SMILES string of the molecule is C#Cc1ccc(-c2ccccc2Br)cn1.CC. The molecule has 1 heterocycles. The fraction of sp³-hybridized carbons (Fsp3) is 0.133. The van der Waals surface area contributed by atoms with E-state index in [4.69, 9.17) is 6.42 Å². The molecule has 1 aromatic heterocycles. The Kier molecular flexibility index (Phi) is 5.45. The minimum Gasteiger partial charge on any atom is -0.247 e. The highest BCUT2D eigenvalue weighted by atomic mass is 79.9. The molecule has 1 nitrogen and oxygen atoms in total. The van der Waals surface area contributed by atoms with E-state index < -0.39 is 0 Å². The van der Waals surface area contributed by atoms with E-state index >= 15 is 0 Å². The van der Waals surface area contributed by atoms with Crippen molar-refractivity contribution < 1.29 is 0 Å². The fourth-order valence-corrected chi connectivity index (χ4v) is 1.85. The Labute approximate surface area is 111 Å². The Bertz CT molecular complexity index is 509. The van der Waals surface area contributed by atoms with Gasteiger partial charge in [-0.3, -0.25) is 0 Å². The molecular weight excluding hydrogens is 274 g/mol. The molecule has 0 radical (unpaired) electrons. The normalized spacial score (nSPS) is 8.82. The zero-order valence-corrected chi connectivity index (χ0v) is 11.5. The predicted molar refractivity (Wildman–Crippen MR) is 76.7 cm³/mol. The van der Waals surface area contributed by atoms with Crippen LogP contribution in [0.1, 0.15) is 19.5 Å². The monoisotopic (exact) mass is 287 g/mol.